The predicted molar refractivity (Wildman–Crippen MR) is 175 cm³/mol. The van der Waals surface area contributed by atoms with Gasteiger partial charge < -0.3 is 9.88 Å². The van der Waals surface area contributed by atoms with Crippen molar-refractivity contribution in [2.75, 3.05) is 13.6 Å². The van der Waals surface area contributed by atoms with Crippen LogP contribution in [-0.2, 0) is 24.1 Å². The Morgan fingerprint density at radius 1 is 1.02 bits per heavy atom. The average Bonchev–Trinajstić information content (AvgIpc) is 3.68. The fraction of sp³-hybridized carbons (Fsp3) is 0.500. The predicted octanol–water partition coefficient (Wildman–Crippen LogP) is 7.53. The molecular formula is C38H47N3O2. The van der Waals surface area contributed by atoms with Gasteiger partial charge in [0.1, 0.15) is 0 Å². The SMILES string of the molecule is CN(CC[C@@H](CC(=O)C1=Cc2cc3c(nc2C1)CC[C@H](C(C)(C)C)C3)c1ccc(-c2ccc(=O)[nH]c2)cc1)C1CCCC1. The van der Waals surface area contributed by atoms with Crippen LogP contribution in [0.25, 0.3) is 17.2 Å². The van der Waals surface area contributed by atoms with Crippen LogP contribution in [0.2, 0.25) is 0 Å². The van der Waals surface area contributed by atoms with Crippen molar-refractivity contribution in [1.82, 2.24) is 14.9 Å². The summed E-state index contributed by atoms with van der Waals surface area (Å²) in [5, 5.41) is 0. The number of hydrogen-bond donors (Lipinski definition) is 1. The molecule has 2 atom stereocenters. The number of H-pyrrole nitrogens is 1. The van der Waals surface area contributed by atoms with Crippen molar-refractivity contribution in [3.8, 4) is 11.1 Å². The molecule has 0 spiro atoms. The van der Waals surface area contributed by atoms with Crippen LogP contribution in [0.5, 0.6) is 0 Å². The van der Waals surface area contributed by atoms with Gasteiger partial charge in [0.25, 0.3) is 0 Å². The Kier molecular flexibility index (Phi) is 8.55. The maximum Gasteiger partial charge on any atom is 0.247 e. The molecule has 5 heteroatoms. The fourth-order valence-corrected chi connectivity index (χ4v) is 7.50. The first kappa shape index (κ1) is 29.7. The van der Waals surface area contributed by atoms with Crippen LogP contribution in [-0.4, -0.2) is 40.3 Å². The van der Waals surface area contributed by atoms with Gasteiger partial charge in [0.05, 0.1) is 5.69 Å². The van der Waals surface area contributed by atoms with Gasteiger partial charge in [0.15, 0.2) is 5.78 Å². The lowest BCUT2D eigenvalue weighted by Crippen LogP contribution is -2.31. The van der Waals surface area contributed by atoms with E-state index in [1.54, 1.807) is 12.3 Å². The van der Waals surface area contributed by atoms with Crippen molar-refractivity contribution in [2.45, 2.75) is 96.9 Å². The summed E-state index contributed by atoms with van der Waals surface area (Å²) in [6.45, 7) is 8.03. The van der Waals surface area contributed by atoms with E-state index in [9.17, 15) is 9.59 Å². The van der Waals surface area contributed by atoms with E-state index in [1.807, 2.05) is 6.07 Å². The molecule has 1 aromatic carbocycles. The highest BCUT2D eigenvalue weighted by atomic mass is 16.1. The zero-order chi connectivity index (χ0) is 30.1. The van der Waals surface area contributed by atoms with Gasteiger partial charge in [-0.2, -0.15) is 0 Å². The van der Waals surface area contributed by atoms with Gasteiger partial charge in [-0.1, -0.05) is 57.9 Å². The number of benzene rings is 1. The first-order chi connectivity index (χ1) is 20.6. The number of rotatable bonds is 9. The van der Waals surface area contributed by atoms with Crippen molar-refractivity contribution in [1.29, 1.82) is 0 Å². The zero-order valence-corrected chi connectivity index (χ0v) is 26.4. The third-order valence-corrected chi connectivity index (χ3v) is 10.5. The topological polar surface area (TPSA) is 66.1 Å². The van der Waals surface area contributed by atoms with Crippen molar-refractivity contribution in [3.05, 3.63) is 92.7 Å². The summed E-state index contributed by atoms with van der Waals surface area (Å²) in [5.74, 6) is 1.08. The number of aryl methyl sites for hydroxylation is 1. The number of nitrogens with one attached hydrogen (secondary N) is 1. The van der Waals surface area contributed by atoms with Crippen molar-refractivity contribution < 1.29 is 4.79 Å². The van der Waals surface area contributed by atoms with E-state index < -0.39 is 0 Å². The maximum atomic E-state index is 13.9. The van der Waals surface area contributed by atoms with Crippen LogP contribution in [0, 0.1) is 11.3 Å². The van der Waals surface area contributed by atoms with E-state index in [-0.39, 0.29) is 17.3 Å². The Morgan fingerprint density at radius 2 is 1.77 bits per heavy atom. The molecule has 1 N–H and O–H groups in total. The average molecular weight is 578 g/mol. The molecule has 3 aromatic rings. The lowest BCUT2D eigenvalue weighted by Gasteiger charge is -2.34. The molecule has 6 rings (SSSR count). The molecule has 0 aliphatic heterocycles. The monoisotopic (exact) mass is 577 g/mol. The highest BCUT2D eigenvalue weighted by Crippen LogP contribution is 2.39. The van der Waals surface area contributed by atoms with Crippen LogP contribution < -0.4 is 5.56 Å². The first-order valence-corrected chi connectivity index (χ1v) is 16.4. The summed E-state index contributed by atoms with van der Waals surface area (Å²) >= 11 is 0. The molecule has 0 bridgehead atoms. The standard InChI is InChI=1S/C38H47N3O2/c1-38(2,3)32-14-15-34-30(21-32)19-29-20-31(22-35(29)40-34)36(42)23-27(17-18-41(4)33-7-5-6-8-33)25-9-11-26(12-10-25)28-13-16-37(43)39-24-28/h9-13,16,19-20,24,27,32-33H,5-8,14-15,17-18,21-23H2,1-4H3,(H,39,43)/t27-,32-/m0/s1. The van der Waals surface area contributed by atoms with Crippen LogP contribution >= 0.6 is 0 Å². The Labute approximate surface area is 256 Å². The zero-order valence-electron chi connectivity index (χ0n) is 26.4. The normalized spacial score (nSPS) is 19.3. The molecule has 3 aliphatic rings. The van der Waals surface area contributed by atoms with Gasteiger partial charge >= 0.3 is 0 Å². The van der Waals surface area contributed by atoms with E-state index in [1.165, 1.54) is 48.9 Å². The fourth-order valence-electron chi connectivity index (χ4n) is 7.50. The Balaban J connectivity index is 1.19. The molecule has 0 unspecified atom stereocenters. The molecule has 1 saturated carbocycles. The van der Waals surface area contributed by atoms with Gasteiger partial charge in [0, 0.05) is 42.4 Å². The van der Waals surface area contributed by atoms with Crippen LogP contribution in [0.1, 0.15) is 99.7 Å². The second-order valence-electron chi connectivity index (χ2n) is 14.4. The Morgan fingerprint density at radius 3 is 2.47 bits per heavy atom. The molecule has 0 saturated heterocycles. The summed E-state index contributed by atoms with van der Waals surface area (Å²) in [4.78, 5) is 35.8. The lowest BCUT2D eigenvalue weighted by atomic mass is 9.71. The van der Waals surface area contributed by atoms with E-state index in [0.29, 0.717) is 30.2 Å². The molecule has 1 fully saturated rings. The van der Waals surface area contributed by atoms with Crippen molar-refractivity contribution in [3.63, 3.8) is 0 Å². The van der Waals surface area contributed by atoms with Crippen molar-refractivity contribution in [2.24, 2.45) is 11.3 Å². The summed E-state index contributed by atoms with van der Waals surface area (Å²) in [6, 6.07) is 15.0. The summed E-state index contributed by atoms with van der Waals surface area (Å²) in [6.07, 6.45) is 14.6. The lowest BCUT2D eigenvalue weighted by molar-refractivity contribution is -0.116. The highest BCUT2D eigenvalue weighted by molar-refractivity contribution is 6.02. The van der Waals surface area contributed by atoms with Gasteiger partial charge in [0.2, 0.25) is 5.56 Å². The maximum absolute atomic E-state index is 13.9. The Bertz CT molecular complexity index is 1530. The second-order valence-corrected chi connectivity index (χ2v) is 14.4. The van der Waals surface area contributed by atoms with Crippen LogP contribution in [0.4, 0.5) is 0 Å². The van der Waals surface area contributed by atoms with Crippen LogP contribution in [0.15, 0.2) is 59.0 Å². The molecule has 43 heavy (non-hydrogen) atoms. The Hall–Kier alpha value is -3.31. The summed E-state index contributed by atoms with van der Waals surface area (Å²) < 4.78 is 0. The minimum atomic E-state index is -0.0989. The molecule has 2 aromatic heterocycles. The smallest absolute Gasteiger partial charge is 0.247 e. The number of allylic oxidation sites excluding steroid dienone is 1. The minimum Gasteiger partial charge on any atom is -0.328 e. The van der Waals surface area contributed by atoms with E-state index in [4.69, 9.17) is 4.98 Å². The number of carbonyl (C=O) groups is 1. The third kappa shape index (κ3) is 6.77. The molecule has 3 aliphatic carbocycles. The highest BCUT2D eigenvalue weighted by Gasteiger charge is 2.31. The number of aromatic nitrogens is 2. The molecule has 0 amide bonds. The minimum absolute atomic E-state index is 0.0989. The van der Waals surface area contributed by atoms with Gasteiger partial charge in [-0.3, -0.25) is 14.6 Å². The second kappa shape index (κ2) is 12.4. The third-order valence-electron chi connectivity index (χ3n) is 10.5. The largest absolute Gasteiger partial charge is 0.328 e. The van der Waals surface area contributed by atoms with E-state index in [2.05, 4.69) is 74.1 Å². The quantitative estimate of drug-likeness (QED) is 0.285. The number of fused-ring (bicyclic) bond motifs is 2. The number of ketones is 1. The number of aromatic amines is 1. The summed E-state index contributed by atoms with van der Waals surface area (Å²) in [5.41, 5.74) is 9.23. The molecule has 2 heterocycles. The van der Waals surface area contributed by atoms with Crippen molar-refractivity contribution >= 4 is 11.9 Å². The number of Topliss-reactive ketones (excluding diaryl/α,β-unsaturated/α-hetero) is 1. The molecule has 226 valence electrons. The van der Waals surface area contributed by atoms with Gasteiger partial charge in [-0.25, -0.2) is 0 Å². The van der Waals surface area contributed by atoms with Gasteiger partial charge in [-0.05, 0) is 115 Å². The first-order valence-electron chi connectivity index (χ1n) is 16.4. The van der Waals surface area contributed by atoms with Crippen LogP contribution in [0.3, 0.4) is 0 Å². The molecular weight excluding hydrogens is 530 g/mol. The molecule has 5 nitrogen and oxygen atoms in total. The van der Waals surface area contributed by atoms with E-state index in [0.717, 1.165) is 53.8 Å². The van der Waals surface area contributed by atoms with Gasteiger partial charge in [-0.15, -0.1) is 0 Å². The number of nitrogens with zero attached hydrogens (tertiary/aromatic N) is 2. The number of pyridine rings is 2. The number of hydrogen-bond acceptors (Lipinski definition) is 4. The number of carbonyl (C=O) groups excluding carboxylic acids is 1. The molecule has 0 radical (unpaired) electrons. The van der Waals surface area contributed by atoms with E-state index >= 15 is 0 Å². The summed E-state index contributed by atoms with van der Waals surface area (Å²) in [7, 11) is 2.25.